The number of esters is 1. The van der Waals surface area contributed by atoms with Crippen LogP contribution in [-0.4, -0.2) is 53.1 Å². The molecule has 62 heavy (non-hydrogen) atoms. The minimum atomic E-state index is -2.89. The Labute approximate surface area is 373 Å². The molecule has 326 valence electrons. The second-order valence-corrected chi connectivity index (χ2v) is 30.5. The van der Waals surface area contributed by atoms with E-state index in [0.29, 0.717) is 24.2 Å². The smallest absolute Gasteiger partial charge is 0.334 e. The molecule has 2 saturated heterocycles. The van der Waals surface area contributed by atoms with Gasteiger partial charge in [0.1, 0.15) is 5.60 Å². The van der Waals surface area contributed by atoms with E-state index in [0.717, 1.165) is 37.9 Å². The van der Waals surface area contributed by atoms with E-state index in [1.54, 1.807) is 0 Å². The highest BCUT2D eigenvalue weighted by molar-refractivity contribution is 7.00. The quantitative estimate of drug-likeness (QED) is 0.0762. The Bertz CT molecular complexity index is 2200. The molecule has 5 aliphatic rings. The van der Waals surface area contributed by atoms with Gasteiger partial charge in [0.2, 0.25) is 0 Å². The van der Waals surface area contributed by atoms with Crippen molar-refractivity contribution in [2.45, 2.75) is 128 Å². The maximum absolute atomic E-state index is 14.1. The Kier molecular flexibility index (Phi) is 11.2. The fourth-order valence-electron chi connectivity index (χ4n) is 12.9. The SMILES string of the molecule is C=C[C@H]1C(C)(C)[C@H]2O[C@]1([C@H]1OC(=O)C3=C1CC[C@@H](C[C@H]1C[C@@H]1CO[Si](c1ccccc1)(c1ccccc1)C(C)(C)C)C3)C[C@@H]2O[Si](c1ccccc1)(c1ccccc1)C(C)(C)C. The first-order valence-corrected chi connectivity index (χ1v) is 27.2. The highest BCUT2D eigenvalue weighted by atomic mass is 28.4. The fourth-order valence-corrected chi connectivity index (χ4v) is 22.2. The number of hydrogen-bond acceptors (Lipinski definition) is 5. The van der Waals surface area contributed by atoms with Gasteiger partial charge in [0, 0.05) is 29.9 Å². The minimum Gasteiger partial charge on any atom is -0.451 e. The van der Waals surface area contributed by atoms with Crippen LogP contribution >= 0.6 is 0 Å². The molecule has 2 bridgehead atoms. The van der Waals surface area contributed by atoms with Crippen molar-refractivity contribution >= 4 is 43.4 Å². The van der Waals surface area contributed by atoms with Gasteiger partial charge in [-0.25, -0.2) is 4.79 Å². The molecule has 3 aliphatic heterocycles. The average molecular weight is 865 g/mol. The van der Waals surface area contributed by atoms with Crippen LogP contribution < -0.4 is 20.7 Å². The van der Waals surface area contributed by atoms with Crippen molar-refractivity contribution in [2.75, 3.05) is 6.61 Å². The number of cyclic esters (lactones) is 1. The highest BCUT2D eigenvalue weighted by Gasteiger charge is 2.72. The van der Waals surface area contributed by atoms with Crippen LogP contribution in [0.4, 0.5) is 0 Å². The summed E-state index contributed by atoms with van der Waals surface area (Å²) in [4.78, 5) is 14.1. The van der Waals surface area contributed by atoms with Crippen LogP contribution in [0.25, 0.3) is 0 Å². The third-order valence-electron chi connectivity index (χ3n) is 15.8. The maximum atomic E-state index is 14.1. The molecule has 4 aromatic rings. The van der Waals surface area contributed by atoms with Gasteiger partial charge >= 0.3 is 5.97 Å². The Morgan fingerprint density at radius 2 is 1.24 bits per heavy atom. The number of ether oxygens (including phenoxy) is 2. The van der Waals surface area contributed by atoms with Gasteiger partial charge in [-0.2, -0.15) is 0 Å². The number of carbonyl (C=O) groups excluding carboxylic acids is 1. The monoisotopic (exact) mass is 864 g/mol. The molecule has 8 atom stereocenters. The van der Waals surface area contributed by atoms with Crippen molar-refractivity contribution in [3.05, 3.63) is 145 Å². The molecule has 4 aromatic carbocycles. The van der Waals surface area contributed by atoms with E-state index in [4.69, 9.17) is 18.3 Å². The Hall–Kier alpha value is -3.86. The zero-order chi connectivity index (χ0) is 43.7. The zero-order valence-corrected chi connectivity index (χ0v) is 40.4. The van der Waals surface area contributed by atoms with Gasteiger partial charge in [0.15, 0.2) is 6.10 Å². The molecule has 3 heterocycles. The third-order valence-corrected chi connectivity index (χ3v) is 25.9. The molecule has 0 amide bonds. The van der Waals surface area contributed by atoms with Crippen molar-refractivity contribution in [1.82, 2.24) is 0 Å². The minimum absolute atomic E-state index is 0.00383. The molecular weight excluding hydrogens is 797 g/mol. The number of carbonyl (C=O) groups is 1. The van der Waals surface area contributed by atoms with E-state index < -0.39 is 28.3 Å². The largest absolute Gasteiger partial charge is 0.451 e. The van der Waals surface area contributed by atoms with E-state index in [-0.39, 0.29) is 39.6 Å². The van der Waals surface area contributed by atoms with Crippen LogP contribution in [0, 0.1) is 29.1 Å². The van der Waals surface area contributed by atoms with Crippen molar-refractivity contribution in [1.29, 1.82) is 0 Å². The number of hydrogen-bond donors (Lipinski definition) is 0. The summed E-state index contributed by atoms with van der Waals surface area (Å²) in [6, 6.07) is 43.7. The first kappa shape index (κ1) is 43.4. The Morgan fingerprint density at radius 3 is 1.73 bits per heavy atom. The summed E-state index contributed by atoms with van der Waals surface area (Å²) in [5.74, 6) is 1.48. The summed E-state index contributed by atoms with van der Waals surface area (Å²) in [5.41, 5.74) is 1.07. The first-order chi connectivity index (χ1) is 29.6. The maximum Gasteiger partial charge on any atom is 0.334 e. The van der Waals surface area contributed by atoms with Crippen LogP contribution in [0.2, 0.25) is 10.1 Å². The van der Waals surface area contributed by atoms with Crippen LogP contribution in [0.3, 0.4) is 0 Å². The molecule has 5 nitrogen and oxygen atoms in total. The van der Waals surface area contributed by atoms with Crippen LogP contribution in [0.1, 0.15) is 93.9 Å². The standard InChI is InChI=1S/C55H68O5Si2/c1-10-48-54(8,9)50-47(60-62(53(5,6)7,43-27-19-13-20-28-43)44-29-21-14-22-30-44)36-55(48,59-50)49-45-32-31-38(34-46(45)51(56)58-49)33-39-35-40(39)37-57-61(52(2,3)4,41-23-15-11-16-24-41)42-25-17-12-18-26-42/h10-30,38-40,47-50H,1,31-37H2,2-9H3/t38-,39-,40+,47-,48-,49-,50-,55+/m0/s1. The number of fused-ring (bicyclic) bond motifs is 2. The second kappa shape index (κ2) is 16.0. The zero-order valence-electron chi connectivity index (χ0n) is 38.4. The summed E-state index contributed by atoms with van der Waals surface area (Å²) in [6.07, 6.45) is 7.00. The predicted octanol–water partition coefficient (Wildman–Crippen LogP) is 9.93. The Morgan fingerprint density at radius 1 is 0.742 bits per heavy atom. The van der Waals surface area contributed by atoms with Gasteiger partial charge in [-0.05, 0) is 86.3 Å². The van der Waals surface area contributed by atoms with Crippen molar-refractivity contribution in [2.24, 2.45) is 29.1 Å². The van der Waals surface area contributed by atoms with Gasteiger partial charge in [-0.3, -0.25) is 0 Å². The molecular formula is C55H68O5Si2. The lowest BCUT2D eigenvalue weighted by Gasteiger charge is -2.49. The lowest BCUT2D eigenvalue weighted by atomic mass is 9.60. The van der Waals surface area contributed by atoms with Crippen LogP contribution in [-0.2, 0) is 23.1 Å². The second-order valence-electron chi connectivity index (χ2n) is 21.9. The van der Waals surface area contributed by atoms with Gasteiger partial charge in [-0.1, -0.05) is 183 Å². The molecule has 3 fully saturated rings. The van der Waals surface area contributed by atoms with Crippen molar-refractivity contribution < 1.29 is 23.1 Å². The molecule has 0 radical (unpaired) electrons. The molecule has 0 N–H and O–H groups in total. The third kappa shape index (κ3) is 7.00. The molecule has 1 saturated carbocycles. The average Bonchev–Trinajstić information content (AvgIpc) is 3.63. The summed E-state index contributed by atoms with van der Waals surface area (Å²) >= 11 is 0. The topological polar surface area (TPSA) is 54.0 Å². The van der Waals surface area contributed by atoms with E-state index >= 15 is 0 Å². The summed E-state index contributed by atoms with van der Waals surface area (Å²) < 4.78 is 29.2. The van der Waals surface area contributed by atoms with Crippen LogP contribution in [0.15, 0.2) is 145 Å². The first-order valence-electron chi connectivity index (χ1n) is 23.3. The molecule has 2 aliphatic carbocycles. The molecule has 9 rings (SSSR count). The van der Waals surface area contributed by atoms with Gasteiger partial charge in [0.05, 0.1) is 12.2 Å². The van der Waals surface area contributed by atoms with Crippen LogP contribution in [0.5, 0.6) is 0 Å². The Balaban J connectivity index is 0.941. The number of benzene rings is 4. The van der Waals surface area contributed by atoms with E-state index in [2.05, 4.69) is 189 Å². The highest BCUT2D eigenvalue weighted by Crippen LogP contribution is 2.64. The van der Waals surface area contributed by atoms with E-state index in [9.17, 15) is 4.79 Å². The molecule has 0 aromatic heterocycles. The lowest BCUT2D eigenvalue weighted by molar-refractivity contribution is -0.153. The van der Waals surface area contributed by atoms with Crippen molar-refractivity contribution in [3.63, 3.8) is 0 Å². The number of rotatable bonds is 13. The molecule has 7 heteroatoms. The normalized spacial score (nSPS) is 29.4. The fraction of sp³-hybridized carbons (Fsp3) is 0.473. The lowest BCUT2D eigenvalue weighted by Crippen LogP contribution is -2.69. The van der Waals surface area contributed by atoms with Gasteiger partial charge in [0.25, 0.3) is 16.6 Å². The summed E-state index contributed by atoms with van der Waals surface area (Å²) in [5, 5.41) is 4.97. The van der Waals surface area contributed by atoms with E-state index in [1.165, 1.54) is 32.7 Å². The van der Waals surface area contributed by atoms with Gasteiger partial charge < -0.3 is 18.3 Å². The summed E-state index contributed by atoms with van der Waals surface area (Å²) in [6.45, 7) is 23.9. The molecule has 0 unspecified atom stereocenters. The van der Waals surface area contributed by atoms with Crippen molar-refractivity contribution in [3.8, 4) is 0 Å². The van der Waals surface area contributed by atoms with Gasteiger partial charge in [-0.15, -0.1) is 6.58 Å². The predicted molar refractivity (Wildman–Crippen MR) is 256 cm³/mol. The summed E-state index contributed by atoms with van der Waals surface area (Å²) in [7, 11) is -5.47. The molecule has 0 spiro atoms. The van der Waals surface area contributed by atoms with E-state index in [1.807, 2.05) is 0 Å².